The molecule has 1 aliphatic heterocycles. The number of rotatable bonds is 5. The maximum Gasteiger partial charge on any atom is 0.490 e. The third-order valence-electron chi connectivity index (χ3n) is 4.19. The molecule has 32 heavy (non-hydrogen) atoms. The van der Waals surface area contributed by atoms with E-state index in [1.54, 1.807) is 11.0 Å². The highest BCUT2D eigenvalue weighted by molar-refractivity contribution is 6.03. The first-order chi connectivity index (χ1) is 15.1. The molecule has 0 aliphatic carbocycles. The molecule has 4 rings (SSSR count). The van der Waals surface area contributed by atoms with Gasteiger partial charge < -0.3 is 24.9 Å². The predicted molar refractivity (Wildman–Crippen MR) is 99.4 cm³/mol. The van der Waals surface area contributed by atoms with E-state index in [1.165, 1.54) is 23.9 Å². The Morgan fingerprint density at radius 3 is 2.59 bits per heavy atom. The van der Waals surface area contributed by atoms with Gasteiger partial charge in [-0.05, 0) is 6.07 Å². The summed E-state index contributed by atoms with van der Waals surface area (Å²) in [6, 6.07) is 1.35. The average Bonchev–Trinajstić information content (AvgIpc) is 3.27. The number of methoxy groups -OCH3 is 1. The molecule has 0 bridgehead atoms. The van der Waals surface area contributed by atoms with Gasteiger partial charge in [-0.1, -0.05) is 0 Å². The average molecular weight is 459 g/mol. The summed E-state index contributed by atoms with van der Waals surface area (Å²) >= 11 is 0. The zero-order valence-electron chi connectivity index (χ0n) is 16.4. The molecule has 0 unspecified atom stereocenters. The molecule has 3 aromatic heterocycles. The number of aliphatic carboxylic acids is 1. The summed E-state index contributed by atoms with van der Waals surface area (Å²) in [7, 11) is 1.53. The zero-order chi connectivity index (χ0) is 23.5. The number of pyridine rings is 1. The number of carboxylic acids is 1. The molecular weight excluding hydrogens is 442 g/mol. The van der Waals surface area contributed by atoms with E-state index in [1.807, 2.05) is 0 Å². The highest BCUT2D eigenvalue weighted by atomic mass is 19.4. The first-order valence-corrected chi connectivity index (χ1v) is 8.98. The van der Waals surface area contributed by atoms with E-state index in [2.05, 4.69) is 25.8 Å². The molecule has 0 radical (unpaired) electrons. The van der Waals surface area contributed by atoms with Crippen LogP contribution in [0.4, 0.5) is 23.4 Å². The number of hydrogen-bond acceptors (Lipinski definition) is 7. The molecule has 11 nitrogen and oxygen atoms in total. The second-order valence-electron chi connectivity index (χ2n) is 6.59. The van der Waals surface area contributed by atoms with Gasteiger partial charge in [-0.25, -0.2) is 14.2 Å². The summed E-state index contributed by atoms with van der Waals surface area (Å²) in [6.07, 6.45) is -0.474. The van der Waals surface area contributed by atoms with Crippen molar-refractivity contribution in [2.45, 2.75) is 18.8 Å². The van der Waals surface area contributed by atoms with Gasteiger partial charge in [-0.2, -0.15) is 23.1 Å². The molecule has 3 aromatic rings. The summed E-state index contributed by atoms with van der Waals surface area (Å²) in [5.74, 6) is -3.49. The lowest BCUT2D eigenvalue weighted by molar-refractivity contribution is -0.192. The van der Waals surface area contributed by atoms with Crippen LogP contribution in [0.15, 0.2) is 24.7 Å². The maximum atomic E-state index is 14.2. The predicted octanol–water partition coefficient (Wildman–Crippen LogP) is 1.24. The molecule has 1 fully saturated rings. The van der Waals surface area contributed by atoms with E-state index >= 15 is 0 Å². The number of nitrogens with zero attached hydrogens (tertiary/aromatic N) is 5. The Kier molecular flexibility index (Phi) is 6.69. The minimum absolute atomic E-state index is 0.145. The molecule has 1 amide bonds. The number of carbonyl (C=O) groups is 2. The summed E-state index contributed by atoms with van der Waals surface area (Å²) in [5.41, 5.74) is 0.884. The lowest BCUT2D eigenvalue weighted by Crippen LogP contribution is -2.44. The highest BCUT2D eigenvalue weighted by Gasteiger charge is 2.38. The fraction of sp³-hybridized carbons (Fsp3) is 0.353. The maximum absolute atomic E-state index is 14.2. The number of alkyl halides is 3. The van der Waals surface area contributed by atoms with Crippen LogP contribution in [0, 0.1) is 5.82 Å². The van der Waals surface area contributed by atoms with Gasteiger partial charge in [0.05, 0.1) is 30.1 Å². The van der Waals surface area contributed by atoms with Crippen molar-refractivity contribution in [2.24, 2.45) is 0 Å². The van der Waals surface area contributed by atoms with Gasteiger partial charge >= 0.3 is 12.1 Å². The number of imidazole rings is 1. The Hall–Kier alpha value is -3.59. The number of anilines is 1. The summed E-state index contributed by atoms with van der Waals surface area (Å²) in [4.78, 5) is 27.0. The number of aromatic nitrogens is 5. The Balaban J connectivity index is 0.000000360. The number of halogens is 4. The first-order valence-electron chi connectivity index (χ1n) is 8.98. The number of ether oxygens (including phenoxy) is 1. The first kappa shape index (κ1) is 23.1. The second kappa shape index (κ2) is 9.27. The quantitative estimate of drug-likeness (QED) is 0.485. The van der Waals surface area contributed by atoms with E-state index in [0.717, 1.165) is 19.2 Å². The summed E-state index contributed by atoms with van der Waals surface area (Å²) < 4.78 is 52.4. The van der Waals surface area contributed by atoms with E-state index < -0.39 is 23.9 Å². The molecule has 3 N–H and O–H groups in total. The van der Waals surface area contributed by atoms with Gasteiger partial charge in [0, 0.05) is 32.6 Å². The van der Waals surface area contributed by atoms with E-state index in [-0.39, 0.29) is 23.9 Å². The van der Waals surface area contributed by atoms with Crippen molar-refractivity contribution in [2.75, 3.05) is 25.5 Å². The highest BCUT2D eigenvalue weighted by Crippen LogP contribution is 2.16. The van der Waals surface area contributed by atoms with Crippen LogP contribution in [0.1, 0.15) is 22.1 Å². The van der Waals surface area contributed by atoms with Crippen molar-refractivity contribution in [3.8, 4) is 0 Å². The standard InChI is InChI=1S/C15H16FN7O2.C2HF3O2/c1-25-8-10-7-22-6-9(2-12(16)14(22)19-10)15(24)20-13-5-18-23(21-13)11-3-17-4-11;3-2(4,5)1(6)7/h2,5-7,11,17H,3-4,8H2,1H3,(H,20,21,24);(H,6,7). The fourth-order valence-corrected chi connectivity index (χ4v) is 2.58. The minimum atomic E-state index is -5.08. The number of carbonyl (C=O) groups excluding carboxylic acids is 1. The zero-order valence-corrected chi connectivity index (χ0v) is 16.4. The Morgan fingerprint density at radius 1 is 1.34 bits per heavy atom. The van der Waals surface area contributed by atoms with Gasteiger partial charge in [0.25, 0.3) is 5.91 Å². The number of hydrogen-bond donors (Lipinski definition) is 3. The lowest BCUT2D eigenvalue weighted by atomic mass is 10.2. The minimum Gasteiger partial charge on any atom is -0.475 e. The molecule has 1 saturated heterocycles. The molecular formula is C17H17F4N7O4. The van der Waals surface area contributed by atoms with Crippen LogP contribution in [-0.2, 0) is 16.1 Å². The van der Waals surface area contributed by atoms with Crippen LogP contribution in [0.5, 0.6) is 0 Å². The SMILES string of the molecule is COCc1cn2cc(C(=O)Nc3cnn(C4CNC4)n3)cc(F)c2n1.O=C(O)C(F)(F)F. The number of amides is 1. The number of carboxylic acid groups (broad SMARTS) is 1. The third-order valence-corrected chi connectivity index (χ3v) is 4.19. The largest absolute Gasteiger partial charge is 0.490 e. The van der Waals surface area contributed by atoms with Crippen LogP contribution in [0.2, 0.25) is 0 Å². The molecule has 0 aromatic carbocycles. The Labute approximate surface area is 177 Å². The molecule has 0 atom stereocenters. The van der Waals surface area contributed by atoms with Crippen LogP contribution in [-0.4, -0.2) is 67.7 Å². The lowest BCUT2D eigenvalue weighted by Gasteiger charge is -2.25. The van der Waals surface area contributed by atoms with Crippen molar-refractivity contribution in [1.82, 2.24) is 29.7 Å². The number of fused-ring (bicyclic) bond motifs is 1. The second-order valence-corrected chi connectivity index (χ2v) is 6.59. The Morgan fingerprint density at radius 2 is 2.03 bits per heavy atom. The van der Waals surface area contributed by atoms with Gasteiger partial charge in [-0.3, -0.25) is 4.79 Å². The normalized spacial score (nSPS) is 13.9. The van der Waals surface area contributed by atoms with Crippen LogP contribution < -0.4 is 10.6 Å². The fourth-order valence-electron chi connectivity index (χ4n) is 2.58. The molecule has 15 heteroatoms. The summed E-state index contributed by atoms with van der Waals surface area (Å²) in [5, 5.41) is 21.2. The van der Waals surface area contributed by atoms with Crippen LogP contribution in [0.3, 0.4) is 0 Å². The Bertz CT molecular complexity index is 1120. The van der Waals surface area contributed by atoms with Crippen molar-refractivity contribution in [3.05, 3.63) is 41.7 Å². The molecule has 0 spiro atoms. The molecule has 1 aliphatic rings. The van der Waals surface area contributed by atoms with Gasteiger partial charge in [-0.15, -0.1) is 5.10 Å². The topological polar surface area (TPSA) is 136 Å². The van der Waals surface area contributed by atoms with Crippen molar-refractivity contribution in [3.63, 3.8) is 0 Å². The molecule has 172 valence electrons. The van der Waals surface area contributed by atoms with Crippen molar-refractivity contribution in [1.29, 1.82) is 0 Å². The number of nitrogens with one attached hydrogen (secondary N) is 2. The van der Waals surface area contributed by atoms with Crippen LogP contribution >= 0.6 is 0 Å². The van der Waals surface area contributed by atoms with Crippen molar-refractivity contribution >= 4 is 23.3 Å². The van der Waals surface area contributed by atoms with Gasteiger partial charge in [0.2, 0.25) is 0 Å². The van der Waals surface area contributed by atoms with Gasteiger partial charge in [0.1, 0.15) is 0 Å². The van der Waals surface area contributed by atoms with Crippen LogP contribution in [0.25, 0.3) is 5.65 Å². The monoisotopic (exact) mass is 459 g/mol. The van der Waals surface area contributed by atoms with Crippen molar-refractivity contribution < 1.29 is 37.0 Å². The summed E-state index contributed by atoms with van der Waals surface area (Å²) in [6.45, 7) is 1.87. The van der Waals surface area contributed by atoms with E-state index in [4.69, 9.17) is 14.6 Å². The smallest absolute Gasteiger partial charge is 0.475 e. The third kappa shape index (κ3) is 5.36. The van der Waals surface area contributed by atoms with Gasteiger partial charge in [0.15, 0.2) is 17.3 Å². The van der Waals surface area contributed by atoms with E-state index in [0.29, 0.717) is 11.5 Å². The molecule has 4 heterocycles. The molecule has 0 saturated carbocycles. The van der Waals surface area contributed by atoms with E-state index in [9.17, 15) is 22.4 Å².